The van der Waals surface area contributed by atoms with Crippen LogP contribution in [-0.4, -0.2) is 0 Å². The van der Waals surface area contributed by atoms with Crippen LogP contribution in [0.2, 0.25) is 0 Å². The van der Waals surface area contributed by atoms with Gasteiger partial charge in [-0.3, -0.25) is 0 Å². The minimum atomic E-state index is 0.875. The van der Waals surface area contributed by atoms with Crippen molar-refractivity contribution in [2.45, 2.75) is 85.0 Å². The van der Waals surface area contributed by atoms with E-state index in [-0.39, 0.29) is 0 Å². The summed E-state index contributed by atoms with van der Waals surface area (Å²) in [5, 5.41) is 0.875. The molecule has 0 amide bonds. The molecule has 0 aliphatic heterocycles. The second-order valence-electron chi connectivity index (χ2n) is 9.23. The predicted molar refractivity (Wildman–Crippen MR) is 158 cm³/mol. The maximum absolute atomic E-state index is 5.96. The van der Waals surface area contributed by atoms with E-state index in [1.54, 1.807) is 11.3 Å². The van der Waals surface area contributed by atoms with E-state index in [1.165, 1.54) is 88.3 Å². The Hall–Kier alpha value is -2.10. The largest absolute Gasteiger partial charge is 0.391 e. The van der Waals surface area contributed by atoms with Gasteiger partial charge in [-0.05, 0) is 91.3 Å². The minimum Gasteiger partial charge on any atom is -0.391 e. The number of unbranched alkanes of at least 4 members (excludes halogenated alkanes) is 6. The summed E-state index contributed by atoms with van der Waals surface area (Å²) >= 11 is 3.52. The van der Waals surface area contributed by atoms with Crippen LogP contribution in [0.3, 0.4) is 0 Å². The molecule has 2 aromatic heterocycles. The molecule has 2 heterocycles. The van der Waals surface area contributed by atoms with Gasteiger partial charge in [0.15, 0.2) is 0 Å². The first-order valence-corrected chi connectivity index (χ1v) is 14.7. The lowest BCUT2D eigenvalue weighted by molar-refractivity contribution is 0.663. The molecule has 3 heteroatoms. The fraction of sp³-hybridized carbons (Fsp3) is 0.419. The zero-order valence-electron chi connectivity index (χ0n) is 21.2. The Morgan fingerprint density at radius 2 is 1.18 bits per heavy atom. The molecule has 0 radical (unpaired) electrons. The number of benzene rings is 1. The lowest BCUT2D eigenvalue weighted by Gasteiger charge is -2.14. The van der Waals surface area contributed by atoms with Crippen LogP contribution in [0.1, 0.15) is 102 Å². The Morgan fingerprint density at radius 3 is 1.62 bits per heavy atom. The van der Waals surface area contributed by atoms with Crippen molar-refractivity contribution < 1.29 is 0 Å². The molecule has 3 rings (SSSR count). The number of rotatable bonds is 14. The molecular weight excluding hydrogens is 450 g/mol. The number of thiophene rings is 2. The maximum Gasteiger partial charge on any atom is 0.0862 e. The summed E-state index contributed by atoms with van der Waals surface area (Å²) in [7, 11) is 0. The van der Waals surface area contributed by atoms with Crippen molar-refractivity contribution in [1.29, 1.82) is 0 Å². The molecular formula is C31H41NS2. The number of anilines is 1. The number of aryl methyl sites for hydroxylation is 3. The van der Waals surface area contributed by atoms with Gasteiger partial charge in [0.2, 0.25) is 0 Å². The molecule has 0 atom stereocenters. The molecule has 1 aromatic carbocycles. The van der Waals surface area contributed by atoms with Crippen molar-refractivity contribution in [2.24, 2.45) is 0 Å². The number of nitrogen functional groups attached to an aromatic ring is 1. The fourth-order valence-electron chi connectivity index (χ4n) is 4.30. The highest BCUT2D eigenvalue weighted by atomic mass is 32.1. The highest BCUT2D eigenvalue weighted by molar-refractivity contribution is 7.16. The third kappa shape index (κ3) is 8.60. The first-order chi connectivity index (χ1) is 16.6. The topological polar surface area (TPSA) is 26.0 Å². The van der Waals surface area contributed by atoms with E-state index in [4.69, 9.17) is 5.73 Å². The lowest BCUT2D eigenvalue weighted by Crippen LogP contribution is -1.98. The van der Waals surface area contributed by atoms with E-state index in [0.29, 0.717) is 0 Å². The normalized spacial score (nSPS) is 11.9. The van der Waals surface area contributed by atoms with Crippen molar-refractivity contribution in [3.05, 3.63) is 73.3 Å². The molecule has 0 fully saturated rings. The standard InChI is InChI=1S/C31H41NS2/c1-4-6-8-10-12-25-23-28(16-19-30-20-21-31(32)34-30)26(13-11-9-7-5-2)22-27(25)15-18-29-17-14-24(3)33-29/h14-23H,4-13,32H2,1-3H3/b18-15+,19-16+. The first-order valence-electron chi connectivity index (χ1n) is 13.0. The van der Waals surface area contributed by atoms with Crippen molar-refractivity contribution in [3.8, 4) is 0 Å². The van der Waals surface area contributed by atoms with E-state index in [1.807, 2.05) is 17.4 Å². The van der Waals surface area contributed by atoms with Gasteiger partial charge in [0.1, 0.15) is 0 Å². The van der Waals surface area contributed by atoms with Crippen molar-refractivity contribution >= 4 is 52.0 Å². The molecule has 0 unspecified atom stereocenters. The van der Waals surface area contributed by atoms with Gasteiger partial charge in [0, 0.05) is 14.6 Å². The molecule has 0 aliphatic carbocycles. The van der Waals surface area contributed by atoms with Crippen LogP contribution in [0.15, 0.2) is 36.4 Å². The smallest absolute Gasteiger partial charge is 0.0862 e. The molecule has 34 heavy (non-hydrogen) atoms. The molecule has 3 aromatic rings. The van der Waals surface area contributed by atoms with Gasteiger partial charge in [-0.1, -0.05) is 76.7 Å². The number of nitrogens with two attached hydrogens (primary N) is 1. The molecule has 0 saturated carbocycles. The van der Waals surface area contributed by atoms with Gasteiger partial charge < -0.3 is 5.73 Å². The van der Waals surface area contributed by atoms with Crippen LogP contribution in [0.25, 0.3) is 24.3 Å². The Kier molecular flexibility index (Phi) is 11.2. The molecule has 182 valence electrons. The van der Waals surface area contributed by atoms with Crippen LogP contribution in [0.5, 0.6) is 0 Å². The van der Waals surface area contributed by atoms with Crippen LogP contribution in [0, 0.1) is 6.92 Å². The summed E-state index contributed by atoms with van der Waals surface area (Å²) in [6.07, 6.45) is 21.8. The Balaban J connectivity index is 1.92. The summed E-state index contributed by atoms with van der Waals surface area (Å²) < 4.78 is 0. The second kappa shape index (κ2) is 14.3. The van der Waals surface area contributed by atoms with Gasteiger partial charge in [-0.2, -0.15) is 0 Å². The highest BCUT2D eigenvalue weighted by Crippen LogP contribution is 2.27. The average molecular weight is 492 g/mol. The summed E-state index contributed by atoms with van der Waals surface area (Å²) in [5.74, 6) is 0. The van der Waals surface area contributed by atoms with Crippen LogP contribution in [-0.2, 0) is 12.8 Å². The molecule has 2 N–H and O–H groups in total. The maximum atomic E-state index is 5.96. The average Bonchev–Trinajstić information content (AvgIpc) is 3.45. The predicted octanol–water partition coefficient (Wildman–Crippen LogP) is 10.3. The van der Waals surface area contributed by atoms with Gasteiger partial charge in [-0.15, -0.1) is 22.7 Å². The van der Waals surface area contributed by atoms with Crippen molar-refractivity contribution in [1.82, 2.24) is 0 Å². The molecule has 0 saturated heterocycles. The fourth-order valence-corrected chi connectivity index (χ4v) is 5.76. The van der Waals surface area contributed by atoms with Crippen LogP contribution < -0.4 is 5.73 Å². The third-order valence-electron chi connectivity index (χ3n) is 6.26. The zero-order chi connectivity index (χ0) is 24.2. The Labute approximate surface area is 215 Å². The summed E-state index contributed by atoms with van der Waals surface area (Å²) in [6.45, 7) is 6.74. The highest BCUT2D eigenvalue weighted by Gasteiger charge is 2.08. The Morgan fingerprint density at radius 1 is 0.647 bits per heavy atom. The lowest BCUT2D eigenvalue weighted by atomic mass is 9.91. The zero-order valence-corrected chi connectivity index (χ0v) is 22.9. The summed E-state index contributed by atoms with van der Waals surface area (Å²) in [4.78, 5) is 3.92. The molecule has 0 bridgehead atoms. The van der Waals surface area contributed by atoms with E-state index in [9.17, 15) is 0 Å². The van der Waals surface area contributed by atoms with Crippen LogP contribution in [0.4, 0.5) is 5.00 Å². The SMILES string of the molecule is CCCCCCc1cc(/C=C/c2ccc(N)s2)c(CCCCCC)cc1/C=C/c1ccc(C)s1. The summed E-state index contributed by atoms with van der Waals surface area (Å²) in [5.41, 5.74) is 11.7. The van der Waals surface area contributed by atoms with Gasteiger partial charge in [0.25, 0.3) is 0 Å². The van der Waals surface area contributed by atoms with Gasteiger partial charge in [0.05, 0.1) is 5.00 Å². The van der Waals surface area contributed by atoms with E-state index >= 15 is 0 Å². The van der Waals surface area contributed by atoms with Crippen molar-refractivity contribution in [2.75, 3.05) is 5.73 Å². The van der Waals surface area contributed by atoms with Gasteiger partial charge in [-0.25, -0.2) is 0 Å². The third-order valence-corrected chi connectivity index (χ3v) is 8.11. The van der Waals surface area contributed by atoms with E-state index in [2.05, 4.69) is 75.4 Å². The van der Waals surface area contributed by atoms with E-state index in [0.717, 1.165) is 17.8 Å². The first kappa shape index (κ1) is 26.5. The second-order valence-corrected chi connectivity index (χ2v) is 11.7. The Bertz CT molecular complexity index is 981. The minimum absolute atomic E-state index is 0.875. The molecule has 0 spiro atoms. The summed E-state index contributed by atoms with van der Waals surface area (Å²) in [6, 6.07) is 13.5. The molecule has 1 nitrogen and oxygen atoms in total. The monoisotopic (exact) mass is 491 g/mol. The quantitative estimate of drug-likeness (QED) is 0.223. The van der Waals surface area contributed by atoms with Crippen molar-refractivity contribution in [3.63, 3.8) is 0 Å². The number of hydrogen-bond donors (Lipinski definition) is 1. The van der Waals surface area contributed by atoms with Crippen LogP contribution >= 0.6 is 22.7 Å². The number of hydrogen-bond acceptors (Lipinski definition) is 3. The van der Waals surface area contributed by atoms with E-state index < -0.39 is 0 Å². The van der Waals surface area contributed by atoms with Gasteiger partial charge >= 0.3 is 0 Å². The molecule has 0 aliphatic rings.